The monoisotopic (exact) mass is 243 g/mol. The maximum Gasteiger partial charge on any atom is 0.330 e. The van der Waals surface area contributed by atoms with E-state index in [1.165, 1.54) is 0 Å². The van der Waals surface area contributed by atoms with E-state index in [9.17, 15) is 28.0 Å². The predicted octanol–water partition coefficient (Wildman–Crippen LogP) is 1.08. The van der Waals surface area contributed by atoms with Gasteiger partial charge in [-0.15, -0.1) is 4.79 Å². The molecule has 0 saturated carbocycles. The van der Waals surface area contributed by atoms with Gasteiger partial charge in [-0.3, -0.25) is 9.59 Å². The van der Waals surface area contributed by atoms with Crippen LogP contribution in [0, 0.1) is 11.6 Å². The van der Waals surface area contributed by atoms with E-state index in [0.717, 1.165) is 18.2 Å². The number of nitrogens with zero attached hydrogens (tertiary/aromatic N) is 1. The van der Waals surface area contributed by atoms with Gasteiger partial charge in [-0.1, -0.05) is 10.5 Å². The van der Waals surface area contributed by atoms with Crippen molar-refractivity contribution in [2.24, 2.45) is 0 Å². The fraction of sp³-hybridized carbons (Fsp3) is 0. The lowest BCUT2D eigenvalue weighted by Gasteiger charge is -1.98. The summed E-state index contributed by atoms with van der Waals surface area (Å²) < 4.78 is 39.9. The van der Waals surface area contributed by atoms with Gasteiger partial charge in [-0.2, -0.15) is 4.39 Å². The highest BCUT2D eigenvalue weighted by molar-refractivity contribution is 5.85. The molecule has 4 nitrogen and oxygen atoms in total. The number of hydrogen-bond donors (Lipinski definition) is 1. The van der Waals surface area contributed by atoms with E-state index in [0.29, 0.717) is 0 Å². The van der Waals surface area contributed by atoms with Crippen LogP contribution in [0.25, 0.3) is 10.9 Å². The van der Waals surface area contributed by atoms with E-state index in [1.807, 2.05) is 0 Å². The van der Waals surface area contributed by atoms with Crippen molar-refractivity contribution in [2.45, 2.75) is 0 Å². The van der Waals surface area contributed by atoms with Gasteiger partial charge >= 0.3 is 5.56 Å². The van der Waals surface area contributed by atoms with Crippen LogP contribution in [0.1, 0.15) is 0 Å². The van der Waals surface area contributed by atoms with Crippen LogP contribution in [0.5, 0.6) is 5.75 Å². The Kier molecular flexibility index (Phi) is 2.38. The van der Waals surface area contributed by atoms with Crippen LogP contribution >= 0.6 is 0 Å². The summed E-state index contributed by atoms with van der Waals surface area (Å²) in [6, 6.07) is 2.81. The quantitative estimate of drug-likeness (QED) is 0.704. The number of halogens is 3. The van der Waals surface area contributed by atoms with Crippen LogP contribution in [0.15, 0.2) is 27.8 Å². The summed E-state index contributed by atoms with van der Waals surface area (Å²) in [6.45, 7) is 0. The minimum absolute atomic E-state index is 0.705. The van der Waals surface area contributed by atoms with Crippen molar-refractivity contribution < 1.29 is 18.4 Å². The van der Waals surface area contributed by atoms with Crippen LogP contribution in [-0.2, 0) is 0 Å². The first kappa shape index (κ1) is 11.2. The van der Waals surface area contributed by atoms with Gasteiger partial charge in [0.1, 0.15) is 5.82 Å². The molecule has 0 saturated heterocycles. The van der Waals surface area contributed by atoms with E-state index in [2.05, 4.69) is 0 Å². The number of aromatic nitrogens is 1. The average Bonchev–Trinajstić information content (AvgIpc) is 2.38. The SMILES string of the molecule is O=c1c(F)c(O)c2c(F)cccc2n(F)c1=O. The average molecular weight is 243 g/mol. The fourth-order valence-electron chi connectivity index (χ4n) is 1.42. The molecule has 7 heteroatoms. The van der Waals surface area contributed by atoms with E-state index in [1.54, 1.807) is 0 Å². The number of hydrogen-bond acceptors (Lipinski definition) is 3. The molecule has 0 amide bonds. The van der Waals surface area contributed by atoms with Gasteiger partial charge < -0.3 is 5.11 Å². The third-order valence-corrected chi connectivity index (χ3v) is 2.22. The Hall–Kier alpha value is -2.31. The zero-order valence-electron chi connectivity index (χ0n) is 8.08. The largest absolute Gasteiger partial charge is 0.504 e. The van der Waals surface area contributed by atoms with Crippen molar-refractivity contribution in [3.63, 3.8) is 0 Å². The standard InChI is InChI=1S/C10H4F3NO3/c11-4-2-1-3-5-6(4)8(15)7(12)9(16)10(17)14(5)13/h1-3,15H. The Labute approximate surface area is 91.1 Å². The maximum absolute atomic E-state index is 13.4. The van der Waals surface area contributed by atoms with Gasteiger partial charge in [-0.25, -0.2) is 4.39 Å². The molecule has 0 aliphatic carbocycles. The number of aromatic hydroxyl groups is 1. The molecule has 0 aliphatic heterocycles. The highest BCUT2D eigenvalue weighted by atomic mass is 19.2. The fourth-order valence-corrected chi connectivity index (χ4v) is 1.42. The van der Waals surface area contributed by atoms with Gasteiger partial charge in [0, 0.05) is 0 Å². The summed E-state index contributed by atoms with van der Waals surface area (Å²) in [4.78, 5) is 21.4. The maximum atomic E-state index is 13.4. The molecule has 0 bridgehead atoms. The van der Waals surface area contributed by atoms with Crippen molar-refractivity contribution in [1.29, 1.82) is 0 Å². The molecule has 2 rings (SSSR count). The summed E-state index contributed by atoms with van der Waals surface area (Å²) in [7, 11) is 0. The van der Waals surface area contributed by atoms with Crippen LogP contribution in [0.4, 0.5) is 13.3 Å². The van der Waals surface area contributed by atoms with Gasteiger partial charge in [0.25, 0.3) is 5.43 Å². The first-order valence-electron chi connectivity index (χ1n) is 4.37. The molecule has 0 aliphatic rings. The molecule has 0 unspecified atom stereocenters. The third kappa shape index (κ3) is 1.47. The second-order valence-corrected chi connectivity index (χ2v) is 3.21. The predicted molar refractivity (Wildman–Crippen MR) is 52.6 cm³/mol. The molecule has 1 N–H and O–H groups in total. The smallest absolute Gasteiger partial charge is 0.330 e. The Morgan fingerprint density at radius 3 is 2.47 bits per heavy atom. The van der Waals surface area contributed by atoms with Crippen LogP contribution in [-0.4, -0.2) is 9.90 Å². The van der Waals surface area contributed by atoms with Crippen molar-refractivity contribution in [1.82, 2.24) is 4.79 Å². The van der Waals surface area contributed by atoms with Gasteiger partial charge in [0.05, 0.1) is 10.9 Å². The molecule has 1 aromatic heterocycles. The van der Waals surface area contributed by atoms with Crippen LogP contribution < -0.4 is 11.0 Å². The summed E-state index contributed by atoms with van der Waals surface area (Å²) in [5.41, 5.74) is -4.44. The zero-order valence-corrected chi connectivity index (χ0v) is 8.08. The normalized spacial score (nSPS) is 10.8. The molecule has 2 aromatic rings. The van der Waals surface area contributed by atoms with Crippen LogP contribution in [0.3, 0.4) is 0 Å². The van der Waals surface area contributed by atoms with E-state index in [4.69, 9.17) is 0 Å². The van der Waals surface area contributed by atoms with E-state index >= 15 is 0 Å². The minimum atomic E-state index is -1.89. The summed E-state index contributed by atoms with van der Waals surface area (Å²) >= 11 is 0. The molecule has 0 fully saturated rings. The van der Waals surface area contributed by atoms with Crippen molar-refractivity contribution in [3.05, 3.63) is 50.4 Å². The molecular weight excluding hydrogens is 239 g/mol. The van der Waals surface area contributed by atoms with Gasteiger partial charge in [0.15, 0.2) is 5.75 Å². The highest BCUT2D eigenvalue weighted by Crippen LogP contribution is 2.26. The Morgan fingerprint density at radius 2 is 1.82 bits per heavy atom. The lowest BCUT2D eigenvalue weighted by molar-refractivity contribution is 0.369. The number of rotatable bonds is 0. The Morgan fingerprint density at radius 1 is 1.18 bits per heavy atom. The van der Waals surface area contributed by atoms with Crippen molar-refractivity contribution >= 4 is 10.9 Å². The Balaban J connectivity index is 3.33. The summed E-state index contributed by atoms with van der Waals surface area (Å²) in [5, 5.41) is 8.43. The van der Waals surface area contributed by atoms with Crippen LogP contribution in [0.2, 0.25) is 0 Å². The number of benzene rings is 1. The molecule has 0 spiro atoms. The first-order valence-corrected chi connectivity index (χ1v) is 4.37. The summed E-state index contributed by atoms with van der Waals surface area (Å²) in [5.74, 6) is -4.43. The zero-order chi connectivity index (χ0) is 12.7. The first-order chi connectivity index (χ1) is 7.95. The van der Waals surface area contributed by atoms with E-state index in [-0.39, 0.29) is 0 Å². The lowest BCUT2D eigenvalue weighted by Crippen LogP contribution is -2.30. The van der Waals surface area contributed by atoms with E-state index < -0.39 is 44.1 Å². The van der Waals surface area contributed by atoms with Gasteiger partial charge in [0.2, 0.25) is 5.82 Å². The minimum Gasteiger partial charge on any atom is -0.504 e. The second-order valence-electron chi connectivity index (χ2n) is 3.21. The molecule has 17 heavy (non-hydrogen) atoms. The molecule has 0 radical (unpaired) electrons. The molecule has 1 aromatic carbocycles. The Bertz CT molecular complexity index is 739. The topological polar surface area (TPSA) is 59.3 Å². The van der Waals surface area contributed by atoms with Crippen molar-refractivity contribution in [2.75, 3.05) is 0 Å². The molecule has 88 valence electrons. The highest BCUT2D eigenvalue weighted by Gasteiger charge is 2.18. The van der Waals surface area contributed by atoms with Crippen molar-refractivity contribution in [3.8, 4) is 5.75 Å². The third-order valence-electron chi connectivity index (χ3n) is 2.22. The second kappa shape index (κ2) is 3.62. The van der Waals surface area contributed by atoms with Gasteiger partial charge in [-0.05, 0) is 12.1 Å². The molecule has 0 atom stereocenters. The molecule has 1 heterocycles. The number of fused-ring (bicyclic) bond motifs is 1. The lowest BCUT2D eigenvalue weighted by atomic mass is 10.2. The summed E-state index contributed by atoms with van der Waals surface area (Å²) in [6.07, 6.45) is 0. The molecular formula is C10H4F3NO3.